The van der Waals surface area contributed by atoms with Crippen LogP contribution in [0.15, 0.2) is 23.1 Å². The van der Waals surface area contributed by atoms with E-state index >= 15 is 0 Å². The number of nitrogens with zero attached hydrogens (tertiary/aromatic N) is 1. The van der Waals surface area contributed by atoms with Gasteiger partial charge in [-0.25, -0.2) is 8.42 Å². The molecule has 0 N–H and O–H groups in total. The van der Waals surface area contributed by atoms with Crippen molar-refractivity contribution in [2.24, 2.45) is 11.3 Å². The van der Waals surface area contributed by atoms with Crippen LogP contribution in [-0.2, 0) is 23.0 Å². The molecule has 1 heterocycles. The van der Waals surface area contributed by atoms with E-state index in [1.807, 2.05) is 12.1 Å². The van der Waals surface area contributed by atoms with Crippen LogP contribution in [-0.4, -0.2) is 19.3 Å². The van der Waals surface area contributed by atoms with Gasteiger partial charge in [0, 0.05) is 13.1 Å². The maximum Gasteiger partial charge on any atom is 0.243 e. The minimum atomic E-state index is -3.30. The van der Waals surface area contributed by atoms with E-state index in [0.29, 0.717) is 23.9 Å². The zero-order valence-electron chi connectivity index (χ0n) is 13.1. The number of hydrogen-bond acceptors (Lipinski definition) is 2. The summed E-state index contributed by atoms with van der Waals surface area (Å²) in [6, 6.07) is 5.91. The Kier molecular flexibility index (Phi) is 4.00. The maximum atomic E-state index is 12.6. The van der Waals surface area contributed by atoms with E-state index < -0.39 is 10.0 Å². The first kappa shape index (κ1) is 15.5. The summed E-state index contributed by atoms with van der Waals surface area (Å²) in [5.74, 6) is 0.530. The third-order valence-electron chi connectivity index (χ3n) is 3.39. The Balaban J connectivity index is 2.33. The second-order valence-corrected chi connectivity index (χ2v) is 9.28. The summed E-state index contributed by atoms with van der Waals surface area (Å²) >= 11 is 0. The van der Waals surface area contributed by atoms with E-state index in [-0.39, 0.29) is 5.41 Å². The Labute approximate surface area is 123 Å². The lowest BCUT2D eigenvalue weighted by Crippen LogP contribution is -2.33. The Hall–Kier alpha value is -0.870. The minimum absolute atomic E-state index is 0.0319. The van der Waals surface area contributed by atoms with Gasteiger partial charge < -0.3 is 0 Å². The van der Waals surface area contributed by atoms with Crippen molar-refractivity contribution < 1.29 is 8.42 Å². The second kappa shape index (κ2) is 5.15. The number of rotatable bonds is 3. The first-order valence-corrected chi connectivity index (χ1v) is 8.65. The quantitative estimate of drug-likeness (QED) is 0.856. The molecule has 0 spiro atoms. The predicted molar refractivity (Wildman–Crippen MR) is 82.0 cm³/mol. The summed E-state index contributed by atoms with van der Waals surface area (Å²) in [6.07, 6.45) is 0.919. The monoisotopic (exact) mass is 295 g/mol. The predicted octanol–water partition coefficient (Wildman–Crippen LogP) is 3.44. The molecule has 1 aromatic carbocycles. The molecule has 0 fully saturated rings. The topological polar surface area (TPSA) is 37.4 Å². The SMILES string of the molecule is CC(C)Cc1ccc2c(c1)S(=O)(=O)N(CC(C)(C)C)C2. The van der Waals surface area contributed by atoms with Crippen LogP contribution in [0.25, 0.3) is 0 Å². The lowest BCUT2D eigenvalue weighted by molar-refractivity contribution is 0.284. The molecule has 0 aliphatic carbocycles. The molecule has 112 valence electrons. The molecule has 0 aromatic heterocycles. The van der Waals surface area contributed by atoms with Gasteiger partial charge in [-0.05, 0) is 34.9 Å². The Morgan fingerprint density at radius 3 is 2.45 bits per heavy atom. The molecule has 3 nitrogen and oxygen atoms in total. The Morgan fingerprint density at radius 1 is 1.25 bits per heavy atom. The van der Waals surface area contributed by atoms with E-state index in [0.717, 1.165) is 17.5 Å². The van der Waals surface area contributed by atoms with Crippen LogP contribution in [0.2, 0.25) is 0 Å². The van der Waals surface area contributed by atoms with Crippen LogP contribution in [0.4, 0.5) is 0 Å². The van der Waals surface area contributed by atoms with E-state index in [2.05, 4.69) is 40.7 Å². The van der Waals surface area contributed by atoms with Crippen LogP contribution in [0.5, 0.6) is 0 Å². The first-order valence-electron chi connectivity index (χ1n) is 7.21. The summed E-state index contributed by atoms with van der Waals surface area (Å²) in [5, 5.41) is 0. The summed E-state index contributed by atoms with van der Waals surface area (Å²) in [5.41, 5.74) is 2.01. The van der Waals surface area contributed by atoms with Gasteiger partial charge in [-0.1, -0.05) is 46.8 Å². The maximum absolute atomic E-state index is 12.6. The smallest absolute Gasteiger partial charge is 0.207 e. The molecule has 0 saturated carbocycles. The van der Waals surface area contributed by atoms with Crippen molar-refractivity contribution in [3.05, 3.63) is 29.3 Å². The number of sulfonamides is 1. The van der Waals surface area contributed by atoms with Gasteiger partial charge in [0.25, 0.3) is 0 Å². The average Bonchev–Trinajstić information content (AvgIpc) is 2.49. The molecule has 20 heavy (non-hydrogen) atoms. The largest absolute Gasteiger partial charge is 0.243 e. The van der Waals surface area contributed by atoms with Crippen molar-refractivity contribution in [2.45, 2.75) is 52.5 Å². The molecule has 0 amide bonds. The molecule has 1 aliphatic rings. The molecule has 0 atom stereocenters. The van der Waals surface area contributed by atoms with E-state index in [9.17, 15) is 8.42 Å². The fourth-order valence-corrected chi connectivity index (χ4v) is 4.56. The van der Waals surface area contributed by atoms with Crippen LogP contribution < -0.4 is 0 Å². The molecule has 0 unspecified atom stereocenters. The third-order valence-corrected chi connectivity index (χ3v) is 5.26. The van der Waals surface area contributed by atoms with Crippen LogP contribution in [0.3, 0.4) is 0 Å². The van der Waals surface area contributed by atoms with Gasteiger partial charge in [0.05, 0.1) is 4.90 Å². The molecular formula is C16H25NO2S. The van der Waals surface area contributed by atoms with Gasteiger partial charge in [0.1, 0.15) is 0 Å². The van der Waals surface area contributed by atoms with Crippen molar-refractivity contribution in [1.29, 1.82) is 0 Å². The van der Waals surface area contributed by atoms with Gasteiger partial charge in [0.15, 0.2) is 0 Å². The average molecular weight is 295 g/mol. The summed E-state index contributed by atoms with van der Waals surface area (Å²) in [6.45, 7) is 11.6. The van der Waals surface area contributed by atoms with Crippen molar-refractivity contribution in [2.75, 3.05) is 6.54 Å². The van der Waals surface area contributed by atoms with Gasteiger partial charge in [-0.3, -0.25) is 0 Å². The van der Waals surface area contributed by atoms with E-state index in [1.165, 1.54) is 0 Å². The van der Waals surface area contributed by atoms with Crippen molar-refractivity contribution in [3.8, 4) is 0 Å². The molecule has 0 radical (unpaired) electrons. The highest BCUT2D eigenvalue weighted by Gasteiger charge is 2.36. The van der Waals surface area contributed by atoms with Crippen LogP contribution in [0.1, 0.15) is 45.7 Å². The van der Waals surface area contributed by atoms with Gasteiger partial charge >= 0.3 is 0 Å². The first-order chi connectivity index (χ1) is 9.09. The lowest BCUT2D eigenvalue weighted by Gasteiger charge is -2.24. The number of benzene rings is 1. The third kappa shape index (κ3) is 3.23. The van der Waals surface area contributed by atoms with Crippen molar-refractivity contribution in [3.63, 3.8) is 0 Å². The highest BCUT2D eigenvalue weighted by atomic mass is 32.2. The highest BCUT2D eigenvalue weighted by molar-refractivity contribution is 7.89. The Bertz CT molecular complexity index is 597. The molecule has 1 aromatic rings. The molecule has 0 saturated heterocycles. The van der Waals surface area contributed by atoms with Gasteiger partial charge in [0.2, 0.25) is 10.0 Å². The van der Waals surface area contributed by atoms with Gasteiger partial charge in [-0.15, -0.1) is 0 Å². The zero-order valence-corrected chi connectivity index (χ0v) is 13.9. The van der Waals surface area contributed by atoms with Crippen LogP contribution >= 0.6 is 0 Å². The van der Waals surface area contributed by atoms with E-state index in [4.69, 9.17) is 0 Å². The fraction of sp³-hybridized carbons (Fsp3) is 0.625. The molecular weight excluding hydrogens is 270 g/mol. The lowest BCUT2D eigenvalue weighted by atomic mass is 9.97. The fourth-order valence-electron chi connectivity index (χ4n) is 2.65. The standard InChI is InChI=1S/C16H25NO2S/c1-12(2)8-13-6-7-14-10-17(11-16(3,4)5)20(18,19)15(14)9-13/h6-7,9,12H,8,10-11H2,1-5H3. The highest BCUT2D eigenvalue weighted by Crippen LogP contribution is 2.33. The Morgan fingerprint density at radius 2 is 1.90 bits per heavy atom. The van der Waals surface area contributed by atoms with Crippen molar-refractivity contribution >= 4 is 10.0 Å². The molecule has 2 rings (SSSR count). The second-order valence-electron chi connectivity index (χ2n) is 7.37. The summed E-state index contributed by atoms with van der Waals surface area (Å²) < 4.78 is 26.9. The molecule has 4 heteroatoms. The number of fused-ring (bicyclic) bond motifs is 1. The summed E-state index contributed by atoms with van der Waals surface area (Å²) in [4.78, 5) is 0.514. The minimum Gasteiger partial charge on any atom is -0.207 e. The zero-order chi connectivity index (χ0) is 15.1. The normalized spacial score (nSPS) is 18.5. The van der Waals surface area contributed by atoms with Gasteiger partial charge in [-0.2, -0.15) is 4.31 Å². The van der Waals surface area contributed by atoms with E-state index in [1.54, 1.807) is 4.31 Å². The molecule has 1 aliphatic heterocycles. The van der Waals surface area contributed by atoms with Crippen LogP contribution in [0, 0.1) is 11.3 Å². The number of hydrogen-bond donors (Lipinski definition) is 0. The molecule has 0 bridgehead atoms. The summed E-state index contributed by atoms with van der Waals surface area (Å²) in [7, 11) is -3.30. The van der Waals surface area contributed by atoms with Crippen molar-refractivity contribution in [1.82, 2.24) is 4.31 Å².